The average molecular weight is 567 g/mol. The Bertz CT molecular complexity index is 1100. The number of nitro benzene ring substituents is 2. The summed E-state index contributed by atoms with van der Waals surface area (Å²) in [5.41, 5.74) is -0.680. The summed E-state index contributed by atoms with van der Waals surface area (Å²) in [4.78, 5) is 50.3. The molecule has 0 aromatic heterocycles. The van der Waals surface area contributed by atoms with Gasteiger partial charge in [-0.1, -0.05) is 23.2 Å². The van der Waals surface area contributed by atoms with Gasteiger partial charge in [-0.15, -0.1) is 0 Å². The minimum Gasteiger partial charge on any atom is -0.352 e. The second-order valence-electron chi connectivity index (χ2n) is 8.74. The monoisotopic (exact) mass is 566 g/mol. The molecule has 1 fully saturated rings. The zero-order valence-corrected chi connectivity index (χ0v) is 22.0. The first-order chi connectivity index (χ1) is 18.2. The molecule has 0 spiro atoms. The fraction of sp³-hybridized carbons (Fsp3) is 0.417. The molecule has 0 saturated carbocycles. The minimum absolute atomic E-state index is 0.0180. The van der Waals surface area contributed by atoms with Crippen molar-refractivity contribution in [3.8, 4) is 0 Å². The first-order valence-corrected chi connectivity index (χ1v) is 12.8. The van der Waals surface area contributed by atoms with Crippen LogP contribution in [0.25, 0.3) is 0 Å². The van der Waals surface area contributed by atoms with E-state index >= 15 is 0 Å². The predicted molar refractivity (Wildman–Crippen MR) is 143 cm³/mol. The molecule has 1 saturated heterocycles. The molecule has 204 valence electrons. The molecule has 2 aromatic carbocycles. The molecule has 12 nitrogen and oxygen atoms in total. The third kappa shape index (κ3) is 8.35. The first-order valence-electron chi connectivity index (χ1n) is 12.0. The van der Waals surface area contributed by atoms with Crippen molar-refractivity contribution < 1.29 is 19.4 Å². The van der Waals surface area contributed by atoms with Crippen LogP contribution >= 0.6 is 23.2 Å². The summed E-state index contributed by atoms with van der Waals surface area (Å²) in [6.07, 6.45) is 1.41. The first kappa shape index (κ1) is 29.2. The lowest BCUT2D eigenvalue weighted by atomic mass is 10.1. The van der Waals surface area contributed by atoms with E-state index in [1.165, 1.54) is 24.3 Å². The number of benzene rings is 2. The second-order valence-corrected chi connectivity index (χ2v) is 9.61. The van der Waals surface area contributed by atoms with Gasteiger partial charge in [0.1, 0.15) is 11.1 Å². The molecule has 1 aliphatic heterocycles. The topological polar surface area (TPSA) is 151 Å². The van der Waals surface area contributed by atoms with Crippen molar-refractivity contribution in [1.29, 1.82) is 0 Å². The van der Waals surface area contributed by atoms with E-state index in [0.29, 0.717) is 25.9 Å². The Kier molecular flexibility index (Phi) is 10.8. The lowest BCUT2D eigenvalue weighted by molar-refractivity contribution is -0.385. The molecule has 1 heterocycles. The van der Waals surface area contributed by atoms with Gasteiger partial charge in [-0.2, -0.15) is 0 Å². The maximum absolute atomic E-state index is 12.3. The van der Waals surface area contributed by atoms with E-state index in [4.69, 9.17) is 23.2 Å². The van der Waals surface area contributed by atoms with Crippen LogP contribution < -0.4 is 10.6 Å². The van der Waals surface area contributed by atoms with Crippen LogP contribution in [0, 0.1) is 20.2 Å². The molecule has 0 unspecified atom stereocenters. The Hall–Kier alpha value is -3.32. The van der Waals surface area contributed by atoms with Crippen molar-refractivity contribution in [1.82, 2.24) is 20.4 Å². The van der Waals surface area contributed by atoms with Gasteiger partial charge in [0.05, 0.1) is 9.85 Å². The fourth-order valence-corrected chi connectivity index (χ4v) is 4.46. The molecule has 2 N–H and O–H groups in total. The number of hydrogen-bond donors (Lipinski definition) is 2. The summed E-state index contributed by atoms with van der Waals surface area (Å²) < 4.78 is 0. The van der Waals surface area contributed by atoms with Crippen molar-refractivity contribution in [2.75, 3.05) is 52.4 Å². The van der Waals surface area contributed by atoms with Gasteiger partial charge in [-0.3, -0.25) is 29.8 Å². The fourth-order valence-electron chi connectivity index (χ4n) is 4.13. The van der Waals surface area contributed by atoms with Crippen LogP contribution in [0.4, 0.5) is 11.4 Å². The van der Waals surface area contributed by atoms with Crippen LogP contribution in [0.15, 0.2) is 36.4 Å². The van der Waals surface area contributed by atoms with E-state index in [0.717, 1.165) is 51.4 Å². The smallest absolute Gasteiger partial charge is 0.283 e. The third-order valence-electron chi connectivity index (χ3n) is 6.14. The highest BCUT2D eigenvalue weighted by atomic mass is 35.5. The molecule has 1 aliphatic rings. The molecule has 14 heteroatoms. The number of nitrogens with one attached hydrogen (secondary N) is 2. The lowest BCUT2D eigenvalue weighted by Crippen LogP contribution is -2.47. The van der Waals surface area contributed by atoms with Crippen LogP contribution in [0.3, 0.4) is 0 Å². The normalized spacial score (nSPS) is 14.2. The standard InChI is InChI=1S/C24H28Cl2N6O6/c25-17-3-5-19(21(15-17)31(35)36)23(33)27-7-1-9-29-11-13-30(14-12-29)10-2-8-28-24(34)20-6-4-18(26)16-22(20)32(37)38/h3-6,15-16H,1-2,7-14H2,(H,27,33)(H,28,34). The Labute approximate surface area is 229 Å². The number of piperazine rings is 1. The zero-order chi connectivity index (χ0) is 27.7. The van der Waals surface area contributed by atoms with E-state index < -0.39 is 21.7 Å². The Morgan fingerprint density at radius 2 is 1.11 bits per heavy atom. The van der Waals surface area contributed by atoms with Crippen molar-refractivity contribution in [3.63, 3.8) is 0 Å². The number of nitrogens with zero attached hydrogens (tertiary/aromatic N) is 4. The van der Waals surface area contributed by atoms with E-state index in [1.807, 2.05) is 0 Å². The molecule has 2 amide bonds. The molecule has 3 rings (SSSR count). The van der Waals surface area contributed by atoms with Crippen molar-refractivity contribution in [3.05, 3.63) is 77.8 Å². The molecule has 0 radical (unpaired) electrons. The van der Waals surface area contributed by atoms with Crippen LogP contribution in [-0.4, -0.2) is 83.8 Å². The molecular weight excluding hydrogens is 539 g/mol. The molecule has 0 aliphatic carbocycles. The average Bonchev–Trinajstić information content (AvgIpc) is 2.89. The number of hydrogen-bond acceptors (Lipinski definition) is 8. The van der Waals surface area contributed by atoms with Crippen LogP contribution in [0.5, 0.6) is 0 Å². The summed E-state index contributed by atoms with van der Waals surface area (Å²) >= 11 is 11.6. The van der Waals surface area contributed by atoms with Gasteiger partial charge >= 0.3 is 0 Å². The predicted octanol–water partition coefficient (Wildman–Crippen LogP) is 3.37. The Balaban J connectivity index is 1.31. The molecular formula is C24H28Cl2N6O6. The maximum Gasteiger partial charge on any atom is 0.283 e. The summed E-state index contributed by atoms with van der Waals surface area (Å²) in [6.45, 7) is 5.80. The van der Waals surface area contributed by atoms with Crippen molar-refractivity contribution in [2.45, 2.75) is 12.8 Å². The van der Waals surface area contributed by atoms with E-state index in [9.17, 15) is 29.8 Å². The van der Waals surface area contributed by atoms with Gasteiger partial charge in [-0.05, 0) is 50.2 Å². The third-order valence-corrected chi connectivity index (χ3v) is 6.61. The lowest BCUT2D eigenvalue weighted by Gasteiger charge is -2.34. The summed E-state index contributed by atoms with van der Waals surface area (Å²) in [5, 5.41) is 28.2. The van der Waals surface area contributed by atoms with Crippen molar-refractivity contribution >= 4 is 46.4 Å². The molecule has 2 aromatic rings. The molecule has 38 heavy (non-hydrogen) atoms. The highest BCUT2D eigenvalue weighted by molar-refractivity contribution is 6.31. The molecule has 0 atom stereocenters. The summed E-state index contributed by atoms with van der Waals surface area (Å²) in [6, 6.07) is 7.92. The summed E-state index contributed by atoms with van der Waals surface area (Å²) in [7, 11) is 0. The van der Waals surface area contributed by atoms with Crippen LogP contribution in [0.1, 0.15) is 33.6 Å². The Morgan fingerprint density at radius 1 is 0.737 bits per heavy atom. The van der Waals surface area contributed by atoms with Gasteiger partial charge in [-0.25, -0.2) is 0 Å². The largest absolute Gasteiger partial charge is 0.352 e. The minimum atomic E-state index is -0.625. The van der Waals surface area contributed by atoms with E-state index in [1.54, 1.807) is 0 Å². The highest BCUT2D eigenvalue weighted by Gasteiger charge is 2.22. The highest BCUT2D eigenvalue weighted by Crippen LogP contribution is 2.24. The second kappa shape index (κ2) is 14.0. The Morgan fingerprint density at radius 3 is 1.45 bits per heavy atom. The van der Waals surface area contributed by atoms with Crippen molar-refractivity contribution in [2.24, 2.45) is 0 Å². The number of carbonyl (C=O) groups is 2. The number of carbonyl (C=O) groups excluding carboxylic acids is 2. The number of nitro groups is 2. The quantitative estimate of drug-likeness (QED) is 0.225. The zero-order valence-electron chi connectivity index (χ0n) is 20.5. The van der Waals surface area contributed by atoms with E-state index in [2.05, 4.69) is 20.4 Å². The van der Waals surface area contributed by atoms with Gasteiger partial charge in [0.25, 0.3) is 23.2 Å². The van der Waals surface area contributed by atoms with Gasteiger partial charge in [0.15, 0.2) is 0 Å². The maximum atomic E-state index is 12.3. The van der Waals surface area contributed by atoms with E-state index in [-0.39, 0.29) is 32.5 Å². The van der Waals surface area contributed by atoms with Gasteiger partial charge in [0.2, 0.25) is 0 Å². The van der Waals surface area contributed by atoms with Crippen LogP contribution in [-0.2, 0) is 0 Å². The SMILES string of the molecule is O=C(NCCCN1CCN(CCCNC(=O)c2ccc(Cl)cc2[N+](=O)[O-])CC1)c1ccc(Cl)cc1[N+](=O)[O-]. The summed E-state index contributed by atoms with van der Waals surface area (Å²) in [5.74, 6) is -1.01. The van der Waals surface area contributed by atoms with Crippen LogP contribution in [0.2, 0.25) is 10.0 Å². The molecule has 0 bridgehead atoms. The number of halogens is 2. The van der Waals surface area contributed by atoms with Gasteiger partial charge in [0, 0.05) is 61.4 Å². The van der Waals surface area contributed by atoms with Gasteiger partial charge < -0.3 is 20.4 Å². The number of rotatable bonds is 12. The number of amides is 2.